The van der Waals surface area contributed by atoms with Gasteiger partial charge < -0.3 is 4.74 Å². The molecule has 3 N–H and O–H groups in total. The number of carbonyl (C=O) groups is 1. The van der Waals surface area contributed by atoms with Gasteiger partial charge in [-0.2, -0.15) is 0 Å². The minimum absolute atomic E-state index is 0.0560. The third-order valence-corrected chi connectivity index (χ3v) is 2.90. The summed E-state index contributed by atoms with van der Waals surface area (Å²) in [4.78, 5) is 21.6. The van der Waals surface area contributed by atoms with Crippen LogP contribution in [0.3, 0.4) is 0 Å². The second-order valence-corrected chi connectivity index (χ2v) is 4.45. The van der Waals surface area contributed by atoms with Crippen LogP contribution in [-0.4, -0.2) is 16.9 Å². The molecule has 0 bridgehead atoms. The van der Waals surface area contributed by atoms with Crippen LogP contribution in [0.2, 0.25) is 0 Å². The smallest absolute Gasteiger partial charge is 0.311 e. The van der Waals surface area contributed by atoms with Crippen molar-refractivity contribution in [2.75, 3.05) is 0 Å². The van der Waals surface area contributed by atoms with Crippen LogP contribution in [0.5, 0.6) is 5.75 Å². The average Bonchev–Trinajstić information content (AvgIpc) is 2.44. The summed E-state index contributed by atoms with van der Waals surface area (Å²) in [5, 5.41) is 11.0. The van der Waals surface area contributed by atoms with Crippen molar-refractivity contribution in [3.63, 3.8) is 0 Å². The molecule has 1 unspecified atom stereocenters. The first-order valence-electron chi connectivity index (χ1n) is 6.41. The molecule has 7 heteroatoms. The first-order valence-corrected chi connectivity index (χ1v) is 6.41. The number of nitro benzene ring substituents is 1. The molecule has 1 aromatic rings. The fourth-order valence-corrected chi connectivity index (χ4v) is 1.71. The van der Waals surface area contributed by atoms with E-state index in [4.69, 9.17) is 10.6 Å². The van der Waals surface area contributed by atoms with Gasteiger partial charge in [0.1, 0.15) is 0 Å². The normalized spacial score (nSPS) is 11.8. The predicted octanol–water partition coefficient (Wildman–Crippen LogP) is 1.69. The maximum absolute atomic E-state index is 11.0. The van der Waals surface area contributed by atoms with Crippen molar-refractivity contribution in [2.45, 2.75) is 39.2 Å². The number of nitrogens with two attached hydrogens (primary N) is 1. The van der Waals surface area contributed by atoms with Crippen LogP contribution in [0.4, 0.5) is 5.69 Å². The van der Waals surface area contributed by atoms with Crippen molar-refractivity contribution >= 4 is 11.6 Å². The molecular formula is C13H19N3O4. The molecule has 0 radical (unpaired) electrons. The molecular weight excluding hydrogens is 262 g/mol. The first kappa shape index (κ1) is 15.9. The van der Waals surface area contributed by atoms with Crippen LogP contribution in [-0.2, 0) is 11.2 Å². The van der Waals surface area contributed by atoms with Crippen molar-refractivity contribution < 1.29 is 14.5 Å². The Morgan fingerprint density at radius 3 is 2.80 bits per heavy atom. The van der Waals surface area contributed by atoms with Gasteiger partial charge in [-0.3, -0.25) is 20.3 Å². The van der Waals surface area contributed by atoms with E-state index >= 15 is 0 Å². The Labute approximate surface area is 117 Å². The number of nitrogens with one attached hydrogen (secondary N) is 1. The highest BCUT2D eigenvalue weighted by atomic mass is 16.6. The van der Waals surface area contributed by atoms with Gasteiger partial charge in [-0.05, 0) is 31.4 Å². The molecule has 110 valence electrons. The zero-order valence-electron chi connectivity index (χ0n) is 11.6. The van der Waals surface area contributed by atoms with E-state index < -0.39 is 4.92 Å². The lowest BCUT2D eigenvalue weighted by Crippen LogP contribution is -2.30. The van der Waals surface area contributed by atoms with Gasteiger partial charge in [0.25, 0.3) is 0 Å². The van der Waals surface area contributed by atoms with E-state index in [1.54, 1.807) is 19.1 Å². The topological polar surface area (TPSA) is 107 Å². The Morgan fingerprint density at radius 2 is 2.25 bits per heavy atom. The molecule has 1 rings (SSSR count). The van der Waals surface area contributed by atoms with E-state index in [1.165, 1.54) is 6.07 Å². The van der Waals surface area contributed by atoms with Crippen LogP contribution >= 0.6 is 0 Å². The summed E-state index contributed by atoms with van der Waals surface area (Å²) in [6.45, 7) is 3.68. The Hall–Kier alpha value is -2.15. The highest BCUT2D eigenvalue weighted by Gasteiger charge is 2.18. The highest BCUT2D eigenvalue weighted by molar-refractivity contribution is 5.75. The molecule has 0 aliphatic carbocycles. The maximum Gasteiger partial charge on any atom is 0.311 e. The van der Waals surface area contributed by atoms with E-state index in [0.29, 0.717) is 12.8 Å². The van der Waals surface area contributed by atoms with E-state index in [2.05, 4.69) is 0 Å². The lowest BCUT2D eigenvalue weighted by molar-refractivity contribution is -0.386. The SMILES string of the molecule is CCc1ccc(OC(C)CCC(=O)NN)c([N+](=O)[O-])c1. The Morgan fingerprint density at radius 1 is 1.55 bits per heavy atom. The number of nitro groups is 1. The van der Waals surface area contributed by atoms with Gasteiger partial charge in [-0.15, -0.1) is 0 Å². The van der Waals surface area contributed by atoms with Gasteiger partial charge in [-0.1, -0.05) is 13.0 Å². The van der Waals surface area contributed by atoms with Gasteiger partial charge in [-0.25, -0.2) is 5.84 Å². The Kier molecular flexibility index (Phi) is 5.92. The summed E-state index contributed by atoms with van der Waals surface area (Å²) in [6, 6.07) is 4.90. The monoisotopic (exact) mass is 281 g/mol. The van der Waals surface area contributed by atoms with E-state index in [0.717, 1.165) is 5.56 Å². The van der Waals surface area contributed by atoms with Crippen molar-refractivity contribution in [2.24, 2.45) is 5.84 Å². The van der Waals surface area contributed by atoms with Crippen LogP contribution in [0, 0.1) is 10.1 Å². The molecule has 0 fully saturated rings. The highest BCUT2D eigenvalue weighted by Crippen LogP contribution is 2.29. The Balaban J connectivity index is 2.76. The molecule has 1 atom stereocenters. The molecule has 0 aliphatic rings. The van der Waals surface area contributed by atoms with Crippen LogP contribution in [0.25, 0.3) is 0 Å². The van der Waals surface area contributed by atoms with Gasteiger partial charge in [0.15, 0.2) is 5.75 Å². The number of hydrogen-bond acceptors (Lipinski definition) is 5. The Bertz CT molecular complexity index is 491. The molecule has 0 spiro atoms. The molecule has 0 aliphatic heterocycles. The maximum atomic E-state index is 11.0. The summed E-state index contributed by atoms with van der Waals surface area (Å²) in [5.74, 6) is 4.90. The van der Waals surface area contributed by atoms with Crippen molar-refractivity contribution in [3.05, 3.63) is 33.9 Å². The number of carbonyl (C=O) groups excluding carboxylic acids is 1. The second kappa shape index (κ2) is 7.44. The summed E-state index contributed by atoms with van der Waals surface area (Å²) >= 11 is 0. The van der Waals surface area contributed by atoms with E-state index in [-0.39, 0.29) is 29.9 Å². The predicted molar refractivity (Wildman–Crippen MR) is 74.1 cm³/mol. The zero-order valence-corrected chi connectivity index (χ0v) is 11.6. The zero-order chi connectivity index (χ0) is 15.1. The first-order chi connectivity index (χ1) is 9.47. The number of nitrogens with zero attached hydrogens (tertiary/aromatic N) is 1. The molecule has 7 nitrogen and oxygen atoms in total. The van der Waals surface area contributed by atoms with Gasteiger partial charge in [0, 0.05) is 12.5 Å². The van der Waals surface area contributed by atoms with Gasteiger partial charge in [0.05, 0.1) is 11.0 Å². The number of hydrogen-bond donors (Lipinski definition) is 2. The third kappa shape index (κ3) is 4.51. The summed E-state index contributed by atoms with van der Waals surface area (Å²) in [5.41, 5.74) is 2.84. The number of benzene rings is 1. The fraction of sp³-hybridized carbons (Fsp3) is 0.462. The van der Waals surface area contributed by atoms with Crippen LogP contribution < -0.4 is 16.0 Å². The summed E-state index contributed by atoms with van der Waals surface area (Å²) in [6.07, 6.45) is 1.03. The van der Waals surface area contributed by atoms with Crippen molar-refractivity contribution in [3.8, 4) is 5.75 Å². The van der Waals surface area contributed by atoms with Gasteiger partial charge in [0.2, 0.25) is 5.91 Å². The second-order valence-electron chi connectivity index (χ2n) is 4.45. The van der Waals surface area contributed by atoms with Crippen molar-refractivity contribution in [1.82, 2.24) is 5.43 Å². The molecule has 1 aromatic carbocycles. The van der Waals surface area contributed by atoms with Crippen LogP contribution in [0.1, 0.15) is 32.3 Å². The average molecular weight is 281 g/mol. The quantitative estimate of drug-likeness (QED) is 0.342. The fourth-order valence-electron chi connectivity index (χ4n) is 1.71. The summed E-state index contributed by atoms with van der Waals surface area (Å²) in [7, 11) is 0. The number of hydrazine groups is 1. The minimum Gasteiger partial charge on any atom is -0.484 e. The van der Waals surface area contributed by atoms with Crippen LogP contribution in [0.15, 0.2) is 18.2 Å². The molecule has 20 heavy (non-hydrogen) atoms. The molecule has 0 saturated carbocycles. The van der Waals surface area contributed by atoms with Crippen molar-refractivity contribution in [1.29, 1.82) is 0 Å². The lowest BCUT2D eigenvalue weighted by Gasteiger charge is -2.14. The summed E-state index contributed by atoms with van der Waals surface area (Å²) < 4.78 is 5.54. The standard InChI is InChI=1S/C13H19N3O4/c1-3-10-5-6-12(11(8-10)16(18)19)20-9(2)4-7-13(17)15-14/h5-6,8-9H,3-4,7,14H2,1-2H3,(H,15,17). The van der Waals surface area contributed by atoms with E-state index in [9.17, 15) is 14.9 Å². The molecule has 0 heterocycles. The van der Waals surface area contributed by atoms with Gasteiger partial charge >= 0.3 is 5.69 Å². The number of ether oxygens (including phenoxy) is 1. The van der Waals surface area contributed by atoms with E-state index in [1.807, 2.05) is 12.3 Å². The molecule has 0 aromatic heterocycles. The number of amides is 1. The number of rotatable bonds is 7. The molecule has 1 amide bonds. The molecule has 0 saturated heterocycles. The lowest BCUT2D eigenvalue weighted by atomic mass is 10.1. The third-order valence-electron chi connectivity index (χ3n) is 2.90. The largest absolute Gasteiger partial charge is 0.484 e. The number of aryl methyl sites for hydroxylation is 1. The minimum atomic E-state index is -0.464.